The van der Waals surface area contributed by atoms with Gasteiger partial charge in [0.1, 0.15) is 25.1 Å². The predicted molar refractivity (Wildman–Crippen MR) is 140 cm³/mol. The van der Waals surface area contributed by atoms with Gasteiger partial charge in [-0.1, -0.05) is 42.1 Å². The lowest BCUT2D eigenvalue weighted by Crippen LogP contribution is -2.31. The molecule has 1 aromatic heterocycles. The zero-order valence-corrected chi connectivity index (χ0v) is 22.4. The number of nitrogen functional groups attached to an aromatic ring is 1. The van der Waals surface area contributed by atoms with Crippen molar-refractivity contribution < 1.29 is 37.2 Å². The van der Waals surface area contributed by atoms with E-state index in [1.807, 2.05) is 18.2 Å². The van der Waals surface area contributed by atoms with E-state index in [0.717, 1.165) is 40.2 Å². The number of nitrogens with one attached hydrogen (secondary N) is 1. The lowest BCUT2D eigenvalue weighted by atomic mass is 10.2. The molecule has 0 spiro atoms. The van der Waals surface area contributed by atoms with Crippen LogP contribution in [0.3, 0.4) is 0 Å². The van der Waals surface area contributed by atoms with Crippen molar-refractivity contribution in [2.24, 2.45) is 4.85 Å². The van der Waals surface area contributed by atoms with E-state index in [4.69, 9.17) is 24.5 Å². The number of anilines is 1. The number of hydrogen-bond donors (Lipinski definition) is 2. The van der Waals surface area contributed by atoms with Gasteiger partial charge in [-0.2, -0.15) is 10.4 Å². The summed E-state index contributed by atoms with van der Waals surface area (Å²) in [5.74, 6) is -2.92. The molecule has 2 aromatic carbocycles. The molecule has 0 fully saturated rings. The van der Waals surface area contributed by atoms with Gasteiger partial charge in [-0.05, 0) is 24.6 Å². The Bertz CT molecular complexity index is 1490. The van der Waals surface area contributed by atoms with E-state index in [9.17, 15) is 23.3 Å². The zero-order chi connectivity index (χ0) is 28.6. The van der Waals surface area contributed by atoms with Gasteiger partial charge in [0.2, 0.25) is 11.6 Å². The molecule has 0 saturated heterocycles. The number of rotatable bonds is 11. The van der Waals surface area contributed by atoms with Crippen molar-refractivity contribution in [1.29, 1.82) is 0 Å². The molecule has 0 bridgehead atoms. The fraction of sp³-hybridized carbons (Fsp3) is 0.208. The van der Waals surface area contributed by atoms with E-state index in [1.54, 1.807) is 12.1 Å². The molecule has 2 heterocycles. The summed E-state index contributed by atoms with van der Waals surface area (Å²) in [7, 11) is -2.74. The third kappa shape index (κ3) is 7.76. The van der Waals surface area contributed by atoms with Crippen LogP contribution in [0, 0.1) is 11.6 Å². The number of carbonyl (C=O) groups excluding carboxylic acids is 1. The minimum absolute atomic E-state index is 0.00455. The van der Waals surface area contributed by atoms with Gasteiger partial charge in [0.25, 0.3) is 0 Å². The van der Waals surface area contributed by atoms with E-state index in [1.165, 1.54) is 18.4 Å². The highest BCUT2D eigenvalue weighted by Crippen LogP contribution is 2.35. The number of hydrogen-bond acceptors (Lipinski definition) is 11. The summed E-state index contributed by atoms with van der Waals surface area (Å²) in [6.45, 7) is 1.37. The van der Waals surface area contributed by atoms with E-state index in [0.29, 0.717) is 0 Å². The Hall–Kier alpha value is -4.04. The predicted octanol–water partition coefficient (Wildman–Crippen LogP) is 2.90. The van der Waals surface area contributed by atoms with Gasteiger partial charge in [0.15, 0.2) is 22.8 Å². The van der Waals surface area contributed by atoms with Crippen molar-refractivity contribution >= 4 is 37.6 Å². The number of carbonyl (C=O) groups is 1. The Balaban J connectivity index is 1.31. The van der Waals surface area contributed by atoms with Crippen LogP contribution in [-0.2, 0) is 20.9 Å². The van der Waals surface area contributed by atoms with Crippen LogP contribution < -0.4 is 31.0 Å². The van der Waals surface area contributed by atoms with Gasteiger partial charge in [0, 0.05) is 16.3 Å². The van der Waals surface area contributed by atoms with E-state index >= 15 is 0 Å². The Morgan fingerprint density at radius 2 is 2.08 bits per heavy atom. The molecule has 0 saturated carbocycles. The van der Waals surface area contributed by atoms with Crippen LogP contribution in [0.2, 0.25) is 0 Å². The number of nitrogens with two attached hydrogens (primary N) is 1. The first-order chi connectivity index (χ1) is 19.2. The molecule has 0 aliphatic carbocycles. The molecule has 4 rings (SSSR count). The van der Waals surface area contributed by atoms with Crippen molar-refractivity contribution in [3.63, 3.8) is 0 Å². The standard InChI is InChI=1S/C24H22F2N5O7PS/c1-14(23(32)36-11-15-5-3-2-4-6-15)29-30-39(34)38-18-8-7-16(25)9-19(18)35-12-21-37-20(13-40-21)31-10-17(26)22(27)28-24(31)33/h2-10,13-14,21,29H,11-12H2,1H3,(H2,27,28,33)/t14-,21-/m0/s1. The Kier molecular flexibility index (Phi) is 9.66. The van der Waals surface area contributed by atoms with Gasteiger partial charge in [0.05, 0.1) is 6.20 Å². The molecule has 1 aliphatic rings. The number of aromatic nitrogens is 2. The highest BCUT2D eigenvalue weighted by Gasteiger charge is 2.24. The van der Waals surface area contributed by atoms with Crippen molar-refractivity contribution in [3.8, 4) is 11.5 Å². The van der Waals surface area contributed by atoms with Crippen molar-refractivity contribution in [1.82, 2.24) is 15.0 Å². The third-order valence-electron chi connectivity index (χ3n) is 5.09. The summed E-state index contributed by atoms with van der Waals surface area (Å²) in [6.07, 6.45) is 0.844. The second-order valence-electron chi connectivity index (χ2n) is 8.04. The molecule has 1 aliphatic heterocycles. The molecule has 210 valence electrons. The van der Waals surface area contributed by atoms with Gasteiger partial charge >= 0.3 is 19.8 Å². The summed E-state index contributed by atoms with van der Waals surface area (Å²) in [5, 5.41) is 1.45. The molecule has 40 heavy (non-hydrogen) atoms. The molecule has 3 atom stereocenters. The van der Waals surface area contributed by atoms with Crippen LogP contribution in [0.15, 0.2) is 69.8 Å². The third-order valence-corrected chi connectivity index (χ3v) is 6.59. The molecule has 3 N–H and O–H groups in total. The molecule has 0 amide bonds. The number of nitrogens with zero attached hydrogens (tertiary/aromatic N) is 3. The van der Waals surface area contributed by atoms with E-state index in [2.05, 4.69) is 15.3 Å². The molecular formula is C24H22F2N5O7PS. The number of thioether (sulfide) groups is 1. The lowest BCUT2D eigenvalue weighted by Gasteiger charge is -2.15. The first-order valence-corrected chi connectivity index (χ1v) is 13.6. The first-order valence-electron chi connectivity index (χ1n) is 11.5. The fourth-order valence-corrected chi connectivity index (χ4v) is 4.45. The van der Waals surface area contributed by atoms with Crippen molar-refractivity contribution in [2.75, 3.05) is 12.3 Å². The van der Waals surface area contributed by atoms with Gasteiger partial charge in [-0.15, -0.1) is 0 Å². The van der Waals surface area contributed by atoms with Crippen LogP contribution in [0.4, 0.5) is 14.6 Å². The largest absolute Gasteiger partial charge is 0.574 e. The Morgan fingerprint density at radius 3 is 2.85 bits per heavy atom. The normalized spacial score (nSPS) is 15.7. The summed E-state index contributed by atoms with van der Waals surface area (Å²) >= 11 is 1.11. The smallest absolute Gasteiger partial charge is 0.412 e. The minimum atomic E-state index is -2.74. The molecule has 3 aromatic rings. The first kappa shape index (κ1) is 29.0. The number of esters is 1. The summed E-state index contributed by atoms with van der Waals surface area (Å²) in [4.78, 5) is 43.5. The maximum atomic E-state index is 13.9. The second kappa shape index (κ2) is 13.3. The molecule has 1 unspecified atom stereocenters. The molecule has 16 heteroatoms. The maximum Gasteiger partial charge on any atom is 0.412 e. The van der Waals surface area contributed by atoms with Gasteiger partial charge < -0.3 is 24.8 Å². The van der Waals surface area contributed by atoms with Crippen LogP contribution in [0.5, 0.6) is 11.5 Å². The van der Waals surface area contributed by atoms with E-state index in [-0.39, 0.29) is 30.6 Å². The van der Waals surface area contributed by atoms with Crippen LogP contribution >= 0.6 is 19.9 Å². The average molecular weight is 594 g/mol. The highest BCUT2D eigenvalue weighted by atomic mass is 32.2. The summed E-state index contributed by atoms with van der Waals surface area (Å²) < 4.78 is 50.1. The van der Waals surface area contributed by atoms with Crippen LogP contribution in [0.1, 0.15) is 12.5 Å². The number of ether oxygens (including phenoxy) is 3. The molecule has 0 radical (unpaired) electrons. The topological polar surface area (TPSA) is 162 Å². The number of halogens is 2. The Labute approximate surface area is 231 Å². The number of benzene rings is 2. The average Bonchev–Trinajstić information content (AvgIpc) is 3.41. The summed E-state index contributed by atoms with van der Waals surface area (Å²) in [6, 6.07) is 11.4. The van der Waals surface area contributed by atoms with Crippen molar-refractivity contribution in [2.45, 2.75) is 25.0 Å². The van der Waals surface area contributed by atoms with Crippen molar-refractivity contribution in [3.05, 3.63) is 87.8 Å². The summed E-state index contributed by atoms with van der Waals surface area (Å²) in [5.41, 5.74) is 6.95. The van der Waals surface area contributed by atoms with E-state index < -0.39 is 48.8 Å². The highest BCUT2D eigenvalue weighted by molar-refractivity contribution is 8.03. The van der Waals surface area contributed by atoms with Gasteiger partial charge in [-0.3, -0.25) is 9.32 Å². The minimum Gasteiger partial charge on any atom is -0.574 e. The lowest BCUT2D eigenvalue weighted by molar-refractivity contribution is -0.169. The van der Waals surface area contributed by atoms with Gasteiger partial charge in [-0.25, -0.2) is 18.1 Å². The SMILES string of the molecule is C[C@H](N/N=[P+](\[O-])Oc1ccc(F)cc1OC[C@H]1OC(n2cc(F)c(N)nc2=O)=CS1)C(=O)OCc1ccccc1. The molecular weight excluding hydrogens is 571 g/mol. The zero-order valence-electron chi connectivity index (χ0n) is 20.7. The fourth-order valence-electron chi connectivity index (χ4n) is 3.09. The Morgan fingerprint density at radius 1 is 1.30 bits per heavy atom. The second-order valence-corrected chi connectivity index (χ2v) is 9.93. The molecule has 12 nitrogen and oxygen atoms in total. The van der Waals surface area contributed by atoms with Crippen LogP contribution in [0.25, 0.3) is 5.88 Å². The monoisotopic (exact) mass is 593 g/mol. The van der Waals surface area contributed by atoms with Crippen LogP contribution in [-0.4, -0.2) is 33.6 Å². The maximum absolute atomic E-state index is 13.9. The quantitative estimate of drug-likeness (QED) is 0.191.